The molecule has 0 aliphatic carbocycles. The molecular weight excluding hydrogens is 404 g/mol. The molecule has 0 saturated carbocycles. The van der Waals surface area contributed by atoms with Crippen LogP contribution in [0.15, 0.2) is 47.6 Å². The first kappa shape index (κ1) is 23.4. The maximum atomic E-state index is 11.5. The van der Waals surface area contributed by atoms with Crippen LogP contribution in [0.3, 0.4) is 0 Å². The molecule has 0 unspecified atom stereocenters. The van der Waals surface area contributed by atoms with Crippen LogP contribution in [0.4, 0.5) is 5.82 Å². The normalized spacial score (nSPS) is 14.8. The Hall–Kier alpha value is -3.29. The van der Waals surface area contributed by atoms with Crippen LogP contribution in [0.25, 0.3) is 0 Å². The summed E-state index contributed by atoms with van der Waals surface area (Å²) in [6.45, 7) is 5.66. The third-order valence-electron chi connectivity index (χ3n) is 5.74. The number of nitrogens with zero attached hydrogens (tertiary/aromatic N) is 4. The van der Waals surface area contributed by atoms with Gasteiger partial charge >= 0.3 is 0 Å². The first-order valence-electron chi connectivity index (χ1n) is 11.1. The number of hydrogen-bond acceptors (Lipinski definition) is 5. The summed E-state index contributed by atoms with van der Waals surface area (Å²) in [6, 6.07) is 12.1. The second-order valence-electron chi connectivity index (χ2n) is 8.02. The maximum absolute atomic E-state index is 11.5. The highest BCUT2D eigenvalue weighted by Crippen LogP contribution is 2.25. The molecule has 1 aliphatic heterocycles. The lowest BCUT2D eigenvalue weighted by molar-refractivity contribution is -0.122. The highest BCUT2D eigenvalue weighted by molar-refractivity contribution is 5.80. The van der Waals surface area contributed by atoms with Gasteiger partial charge in [0.2, 0.25) is 5.91 Å². The number of guanidine groups is 1. The molecule has 0 radical (unpaired) electrons. The molecule has 3 rings (SSSR count). The molecule has 1 saturated heterocycles. The van der Waals surface area contributed by atoms with E-state index in [0.29, 0.717) is 6.54 Å². The van der Waals surface area contributed by atoms with E-state index < -0.39 is 0 Å². The highest BCUT2D eigenvalue weighted by atomic mass is 16.5. The Morgan fingerprint density at radius 1 is 1.28 bits per heavy atom. The van der Waals surface area contributed by atoms with Gasteiger partial charge in [-0.2, -0.15) is 0 Å². The minimum absolute atomic E-state index is 0.0385. The minimum Gasteiger partial charge on any atom is -0.497 e. The van der Waals surface area contributed by atoms with Gasteiger partial charge in [0.1, 0.15) is 11.6 Å². The summed E-state index contributed by atoms with van der Waals surface area (Å²) in [5.74, 6) is 2.38. The van der Waals surface area contributed by atoms with Gasteiger partial charge in [-0.05, 0) is 43.5 Å². The summed E-state index contributed by atoms with van der Waals surface area (Å²) < 4.78 is 5.24. The monoisotopic (exact) mass is 438 g/mol. The number of hydrogen-bond donors (Lipinski definition) is 2. The summed E-state index contributed by atoms with van der Waals surface area (Å²) in [6.07, 6.45) is 3.34. The number of piperidine rings is 1. The summed E-state index contributed by atoms with van der Waals surface area (Å²) in [5.41, 5.74) is 7.73. The van der Waals surface area contributed by atoms with Crippen LogP contribution in [0.5, 0.6) is 5.75 Å². The third kappa shape index (κ3) is 6.12. The van der Waals surface area contributed by atoms with Gasteiger partial charge in [-0.15, -0.1) is 0 Å². The summed E-state index contributed by atoms with van der Waals surface area (Å²) >= 11 is 0. The Kier molecular flexibility index (Phi) is 8.30. The summed E-state index contributed by atoms with van der Waals surface area (Å²) in [5, 5.41) is 3.38. The molecule has 0 bridgehead atoms. The van der Waals surface area contributed by atoms with Crippen molar-refractivity contribution in [2.45, 2.75) is 32.9 Å². The molecule has 8 nitrogen and oxygen atoms in total. The SMILES string of the molecule is CCNC(=NCc1cccnc1N1CCC(C(N)=O)CC1)N(C)Cc1ccc(OC)cc1. The van der Waals surface area contributed by atoms with Crippen molar-refractivity contribution in [3.05, 3.63) is 53.7 Å². The molecule has 1 aromatic heterocycles. The number of nitrogens with two attached hydrogens (primary N) is 1. The Morgan fingerprint density at radius 3 is 2.62 bits per heavy atom. The predicted molar refractivity (Wildman–Crippen MR) is 128 cm³/mol. The van der Waals surface area contributed by atoms with Gasteiger partial charge in [0, 0.05) is 50.9 Å². The maximum Gasteiger partial charge on any atom is 0.220 e. The predicted octanol–water partition coefficient (Wildman–Crippen LogP) is 2.39. The lowest BCUT2D eigenvalue weighted by Gasteiger charge is -2.32. The van der Waals surface area contributed by atoms with E-state index in [4.69, 9.17) is 15.5 Å². The summed E-state index contributed by atoms with van der Waals surface area (Å²) in [4.78, 5) is 25.3. The number of anilines is 1. The van der Waals surface area contributed by atoms with Crippen LogP contribution in [-0.2, 0) is 17.9 Å². The number of primary amides is 1. The van der Waals surface area contributed by atoms with E-state index in [2.05, 4.69) is 45.2 Å². The Balaban J connectivity index is 1.70. The molecule has 172 valence electrons. The van der Waals surface area contributed by atoms with E-state index >= 15 is 0 Å². The number of pyridine rings is 1. The molecule has 2 heterocycles. The fourth-order valence-electron chi connectivity index (χ4n) is 3.92. The third-order valence-corrected chi connectivity index (χ3v) is 5.74. The van der Waals surface area contributed by atoms with E-state index in [1.807, 2.05) is 31.4 Å². The van der Waals surface area contributed by atoms with E-state index in [-0.39, 0.29) is 11.8 Å². The molecule has 3 N–H and O–H groups in total. The average Bonchev–Trinajstić information content (AvgIpc) is 2.82. The zero-order valence-electron chi connectivity index (χ0n) is 19.3. The molecular formula is C24H34N6O2. The van der Waals surface area contributed by atoms with Crippen LogP contribution in [-0.4, -0.2) is 55.5 Å². The van der Waals surface area contributed by atoms with Gasteiger partial charge in [0.05, 0.1) is 13.7 Å². The van der Waals surface area contributed by atoms with Crippen molar-refractivity contribution < 1.29 is 9.53 Å². The average molecular weight is 439 g/mol. The minimum atomic E-state index is -0.203. The molecule has 1 aliphatic rings. The van der Waals surface area contributed by atoms with Crippen molar-refractivity contribution in [1.82, 2.24) is 15.2 Å². The van der Waals surface area contributed by atoms with Crippen molar-refractivity contribution in [3.63, 3.8) is 0 Å². The molecule has 0 atom stereocenters. The second-order valence-corrected chi connectivity index (χ2v) is 8.02. The molecule has 0 spiro atoms. The number of aliphatic imine (C=N–C) groups is 1. The highest BCUT2D eigenvalue weighted by Gasteiger charge is 2.25. The van der Waals surface area contributed by atoms with Crippen LogP contribution >= 0.6 is 0 Å². The van der Waals surface area contributed by atoms with Crippen molar-refractivity contribution in [1.29, 1.82) is 0 Å². The van der Waals surface area contributed by atoms with Gasteiger partial charge in [0.15, 0.2) is 5.96 Å². The smallest absolute Gasteiger partial charge is 0.220 e. The first-order chi connectivity index (χ1) is 15.5. The Bertz CT molecular complexity index is 907. The number of carbonyl (C=O) groups is 1. The first-order valence-corrected chi connectivity index (χ1v) is 11.1. The number of rotatable bonds is 8. The van der Waals surface area contributed by atoms with Crippen molar-refractivity contribution in [2.75, 3.05) is 38.7 Å². The standard InChI is InChI=1S/C24H34N6O2/c1-4-26-24(29(2)17-18-7-9-21(32-3)10-8-18)28-16-20-6-5-13-27-23(20)30-14-11-19(12-15-30)22(25)31/h5-10,13,19H,4,11-12,14-17H2,1-3H3,(H2,25,31)(H,26,28). The topological polar surface area (TPSA) is 96.1 Å². The van der Waals surface area contributed by atoms with Crippen LogP contribution < -0.4 is 20.7 Å². The van der Waals surface area contributed by atoms with Crippen molar-refractivity contribution in [3.8, 4) is 5.75 Å². The number of nitrogens with one attached hydrogen (secondary N) is 1. The Labute approximate surface area is 190 Å². The Morgan fingerprint density at radius 2 is 2.00 bits per heavy atom. The number of ether oxygens (including phenoxy) is 1. The summed E-state index contributed by atoms with van der Waals surface area (Å²) in [7, 11) is 3.70. The largest absolute Gasteiger partial charge is 0.497 e. The van der Waals surface area contributed by atoms with Gasteiger partial charge in [0.25, 0.3) is 0 Å². The number of methoxy groups -OCH3 is 1. The van der Waals surface area contributed by atoms with Crippen molar-refractivity contribution in [2.24, 2.45) is 16.6 Å². The van der Waals surface area contributed by atoms with Crippen LogP contribution in [0, 0.1) is 5.92 Å². The van der Waals surface area contributed by atoms with Gasteiger partial charge in [-0.25, -0.2) is 9.98 Å². The fourth-order valence-corrected chi connectivity index (χ4v) is 3.92. The van der Waals surface area contributed by atoms with E-state index in [1.165, 1.54) is 5.56 Å². The molecule has 1 aromatic carbocycles. The van der Waals surface area contributed by atoms with Gasteiger partial charge in [-0.1, -0.05) is 18.2 Å². The lowest BCUT2D eigenvalue weighted by Crippen LogP contribution is -2.39. The molecule has 1 amide bonds. The molecule has 1 fully saturated rings. The molecule has 8 heteroatoms. The number of benzene rings is 1. The zero-order valence-corrected chi connectivity index (χ0v) is 19.3. The van der Waals surface area contributed by atoms with E-state index in [0.717, 1.165) is 62.1 Å². The zero-order chi connectivity index (χ0) is 22.9. The number of carbonyl (C=O) groups excluding carboxylic acids is 1. The van der Waals surface area contributed by atoms with Gasteiger partial charge < -0.3 is 25.6 Å². The van der Waals surface area contributed by atoms with E-state index in [9.17, 15) is 4.79 Å². The number of amides is 1. The van der Waals surface area contributed by atoms with Crippen LogP contribution in [0.1, 0.15) is 30.9 Å². The molecule has 2 aromatic rings. The quantitative estimate of drug-likeness (QED) is 0.485. The van der Waals surface area contributed by atoms with Crippen LogP contribution in [0.2, 0.25) is 0 Å². The number of aromatic nitrogens is 1. The fraction of sp³-hybridized carbons (Fsp3) is 0.458. The van der Waals surface area contributed by atoms with E-state index in [1.54, 1.807) is 7.11 Å². The molecule has 32 heavy (non-hydrogen) atoms. The lowest BCUT2D eigenvalue weighted by atomic mass is 9.96. The second kappa shape index (κ2) is 11.4. The van der Waals surface area contributed by atoms with Gasteiger partial charge in [-0.3, -0.25) is 4.79 Å². The van der Waals surface area contributed by atoms with Crippen molar-refractivity contribution >= 4 is 17.7 Å².